The minimum absolute atomic E-state index is 0.499. The van der Waals surface area contributed by atoms with Crippen molar-refractivity contribution in [3.05, 3.63) is 126 Å². The van der Waals surface area contributed by atoms with Crippen molar-refractivity contribution in [2.45, 2.75) is 0 Å². The van der Waals surface area contributed by atoms with Crippen LogP contribution in [0, 0.1) is 22.7 Å². The Hall–Kier alpha value is -5.12. The summed E-state index contributed by atoms with van der Waals surface area (Å²) in [5.41, 5.74) is 8.10. The SMILES string of the molecule is N#Cc1cccc(C#N)c1-c1ccc2c(c1)c1c(-c3ccccc3)cccc1n2-c1ccccc1. The number of benzene rings is 5. The van der Waals surface area contributed by atoms with Gasteiger partial charge in [-0.3, -0.25) is 0 Å². The average Bonchev–Trinajstić information content (AvgIpc) is 3.27. The Morgan fingerprint density at radius 3 is 1.89 bits per heavy atom. The second-order valence-electron chi connectivity index (χ2n) is 8.42. The average molecular weight is 446 g/mol. The Labute approximate surface area is 203 Å². The van der Waals surface area contributed by atoms with Crippen molar-refractivity contribution in [2.75, 3.05) is 0 Å². The molecule has 5 aromatic carbocycles. The molecular formula is C32H19N3. The molecule has 1 aromatic heterocycles. The third-order valence-corrected chi connectivity index (χ3v) is 6.48. The highest BCUT2D eigenvalue weighted by Crippen LogP contribution is 2.40. The van der Waals surface area contributed by atoms with Crippen LogP contribution in [0.1, 0.15) is 11.1 Å². The lowest BCUT2D eigenvalue weighted by molar-refractivity contribution is 1.18. The molecule has 0 aliphatic rings. The summed E-state index contributed by atoms with van der Waals surface area (Å²) in [6.07, 6.45) is 0. The standard InChI is InChI=1S/C32H19N3/c33-20-24-11-7-12-25(21-34)31(24)23-17-18-29-28(19-23)32-27(22-9-3-1-4-10-22)15-8-16-30(32)35(29)26-13-5-2-6-14-26/h1-19H. The van der Waals surface area contributed by atoms with Crippen molar-refractivity contribution in [3.8, 4) is 40.1 Å². The van der Waals surface area contributed by atoms with Crippen LogP contribution in [0.2, 0.25) is 0 Å². The maximum Gasteiger partial charge on any atom is 0.0998 e. The molecule has 0 fully saturated rings. The summed E-state index contributed by atoms with van der Waals surface area (Å²) in [4.78, 5) is 0. The van der Waals surface area contributed by atoms with Gasteiger partial charge in [0.2, 0.25) is 0 Å². The first-order valence-electron chi connectivity index (χ1n) is 11.4. The van der Waals surface area contributed by atoms with Gasteiger partial charge in [0, 0.05) is 22.0 Å². The molecule has 0 aliphatic carbocycles. The smallest absolute Gasteiger partial charge is 0.0998 e. The monoisotopic (exact) mass is 445 g/mol. The van der Waals surface area contributed by atoms with Crippen LogP contribution in [0.3, 0.4) is 0 Å². The first-order chi connectivity index (χ1) is 17.3. The molecule has 6 aromatic rings. The number of fused-ring (bicyclic) bond motifs is 3. The van der Waals surface area contributed by atoms with Crippen LogP contribution >= 0.6 is 0 Å². The van der Waals surface area contributed by atoms with E-state index in [2.05, 4.69) is 83.4 Å². The van der Waals surface area contributed by atoms with E-state index in [1.807, 2.05) is 30.3 Å². The third kappa shape index (κ3) is 3.27. The van der Waals surface area contributed by atoms with E-state index in [0.717, 1.165) is 44.2 Å². The summed E-state index contributed by atoms with van der Waals surface area (Å²) >= 11 is 0. The highest BCUT2D eigenvalue weighted by Gasteiger charge is 2.18. The van der Waals surface area contributed by atoms with Crippen LogP contribution in [-0.2, 0) is 0 Å². The topological polar surface area (TPSA) is 52.5 Å². The zero-order chi connectivity index (χ0) is 23.8. The maximum absolute atomic E-state index is 9.77. The molecule has 0 amide bonds. The maximum atomic E-state index is 9.77. The molecule has 1 heterocycles. The van der Waals surface area contributed by atoms with E-state index in [-0.39, 0.29) is 0 Å². The molecule has 6 rings (SSSR count). The highest BCUT2D eigenvalue weighted by atomic mass is 15.0. The molecule has 162 valence electrons. The second-order valence-corrected chi connectivity index (χ2v) is 8.42. The summed E-state index contributed by atoms with van der Waals surface area (Å²) in [5, 5.41) is 21.8. The molecule has 3 heteroatoms. The van der Waals surface area contributed by atoms with Gasteiger partial charge in [0.05, 0.1) is 34.3 Å². The number of rotatable bonds is 3. The van der Waals surface area contributed by atoms with Crippen molar-refractivity contribution in [2.24, 2.45) is 0 Å². The number of nitrogens with zero attached hydrogens (tertiary/aromatic N) is 3. The lowest BCUT2D eigenvalue weighted by Crippen LogP contribution is -1.93. The molecule has 0 saturated heterocycles. The lowest BCUT2D eigenvalue weighted by atomic mass is 9.93. The van der Waals surface area contributed by atoms with Crippen molar-refractivity contribution in [3.63, 3.8) is 0 Å². The number of hydrogen-bond donors (Lipinski definition) is 0. The molecule has 3 nitrogen and oxygen atoms in total. The van der Waals surface area contributed by atoms with Gasteiger partial charge >= 0.3 is 0 Å². The Morgan fingerprint density at radius 1 is 0.543 bits per heavy atom. The fraction of sp³-hybridized carbons (Fsp3) is 0. The Bertz CT molecular complexity index is 1770. The fourth-order valence-electron chi connectivity index (χ4n) is 4.99. The Kier molecular flexibility index (Phi) is 4.88. The van der Waals surface area contributed by atoms with Crippen molar-refractivity contribution < 1.29 is 0 Å². The number of aromatic nitrogens is 1. The normalized spacial score (nSPS) is 10.8. The van der Waals surface area contributed by atoms with Gasteiger partial charge in [-0.1, -0.05) is 72.8 Å². The van der Waals surface area contributed by atoms with Gasteiger partial charge in [-0.25, -0.2) is 0 Å². The van der Waals surface area contributed by atoms with Crippen LogP contribution in [0.4, 0.5) is 0 Å². The molecule has 0 atom stereocenters. The summed E-state index contributed by atoms with van der Waals surface area (Å²) in [6.45, 7) is 0. The quantitative estimate of drug-likeness (QED) is 0.278. The summed E-state index contributed by atoms with van der Waals surface area (Å²) in [7, 11) is 0. The summed E-state index contributed by atoms with van der Waals surface area (Å²) in [6, 6.07) is 43.2. The first kappa shape index (κ1) is 20.5. The van der Waals surface area contributed by atoms with Gasteiger partial charge in [0.15, 0.2) is 0 Å². The van der Waals surface area contributed by atoms with E-state index >= 15 is 0 Å². The highest BCUT2D eigenvalue weighted by molar-refractivity contribution is 6.16. The molecule has 0 radical (unpaired) electrons. The van der Waals surface area contributed by atoms with Gasteiger partial charge < -0.3 is 4.57 Å². The minimum atomic E-state index is 0.499. The predicted octanol–water partition coefficient (Wildman–Crippen LogP) is 7.86. The zero-order valence-corrected chi connectivity index (χ0v) is 18.8. The van der Waals surface area contributed by atoms with Gasteiger partial charge in [-0.05, 0) is 59.2 Å². The molecule has 0 aliphatic heterocycles. The minimum Gasteiger partial charge on any atom is -0.309 e. The van der Waals surface area contributed by atoms with Crippen LogP contribution < -0.4 is 0 Å². The summed E-state index contributed by atoms with van der Waals surface area (Å²) in [5.74, 6) is 0. The van der Waals surface area contributed by atoms with Crippen LogP contribution in [0.5, 0.6) is 0 Å². The van der Waals surface area contributed by atoms with Crippen molar-refractivity contribution >= 4 is 21.8 Å². The Balaban J connectivity index is 1.76. The van der Waals surface area contributed by atoms with Crippen LogP contribution in [-0.4, -0.2) is 4.57 Å². The third-order valence-electron chi connectivity index (χ3n) is 6.48. The van der Waals surface area contributed by atoms with E-state index in [0.29, 0.717) is 16.7 Å². The largest absolute Gasteiger partial charge is 0.309 e. The van der Waals surface area contributed by atoms with E-state index in [9.17, 15) is 10.5 Å². The molecule has 0 saturated carbocycles. The lowest BCUT2D eigenvalue weighted by Gasteiger charge is -2.09. The molecule has 0 unspecified atom stereocenters. The second kappa shape index (κ2) is 8.34. The molecular weight excluding hydrogens is 426 g/mol. The predicted molar refractivity (Wildman–Crippen MR) is 141 cm³/mol. The van der Waals surface area contributed by atoms with Crippen LogP contribution in [0.25, 0.3) is 49.7 Å². The van der Waals surface area contributed by atoms with E-state index in [1.54, 1.807) is 18.2 Å². The van der Waals surface area contributed by atoms with Gasteiger partial charge in [-0.15, -0.1) is 0 Å². The molecule has 0 N–H and O–H groups in total. The van der Waals surface area contributed by atoms with Crippen LogP contribution in [0.15, 0.2) is 115 Å². The molecule has 0 bridgehead atoms. The fourth-order valence-corrected chi connectivity index (χ4v) is 4.99. The van der Waals surface area contributed by atoms with E-state index in [4.69, 9.17) is 0 Å². The first-order valence-corrected chi connectivity index (χ1v) is 11.4. The number of para-hydroxylation sites is 1. The molecule has 0 spiro atoms. The molecule has 35 heavy (non-hydrogen) atoms. The van der Waals surface area contributed by atoms with Crippen molar-refractivity contribution in [1.29, 1.82) is 10.5 Å². The van der Waals surface area contributed by atoms with Gasteiger partial charge in [0.25, 0.3) is 0 Å². The number of nitriles is 2. The van der Waals surface area contributed by atoms with Gasteiger partial charge in [-0.2, -0.15) is 10.5 Å². The van der Waals surface area contributed by atoms with Crippen molar-refractivity contribution in [1.82, 2.24) is 4.57 Å². The Morgan fingerprint density at radius 2 is 1.20 bits per heavy atom. The van der Waals surface area contributed by atoms with E-state index in [1.165, 1.54) is 0 Å². The number of hydrogen-bond acceptors (Lipinski definition) is 2. The summed E-state index contributed by atoms with van der Waals surface area (Å²) < 4.78 is 2.28. The van der Waals surface area contributed by atoms with Gasteiger partial charge in [0.1, 0.15) is 0 Å². The van der Waals surface area contributed by atoms with E-state index < -0.39 is 0 Å². The zero-order valence-electron chi connectivity index (χ0n) is 18.8.